The SMILES string of the molecule is COc1cnn2cc(B3OC(C)(C)C(C)(C)O3)cc(OC(CO[Si](C)(C)C(C)(C)C)c3ccc(F)cn3)c12. The predicted octanol–water partition coefficient (Wildman–Crippen LogP) is 5.32. The second kappa shape index (κ2) is 9.93. The van der Waals surface area contributed by atoms with Crippen molar-refractivity contribution in [3.63, 3.8) is 0 Å². The van der Waals surface area contributed by atoms with Gasteiger partial charge < -0.3 is 23.2 Å². The van der Waals surface area contributed by atoms with E-state index in [1.165, 1.54) is 12.3 Å². The minimum atomic E-state index is -2.12. The summed E-state index contributed by atoms with van der Waals surface area (Å²) >= 11 is 0. The fourth-order valence-electron chi connectivity index (χ4n) is 3.84. The van der Waals surface area contributed by atoms with Crippen LogP contribution >= 0.6 is 0 Å². The van der Waals surface area contributed by atoms with Gasteiger partial charge in [-0.25, -0.2) is 8.91 Å². The highest BCUT2D eigenvalue weighted by Gasteiger charge is 2.52. The molecule has 4 rings (SSSR count). The molecule has 1 saturated heterocycles. The van der Waals surface area contributed by atoms with Gasteiger partial charge in [-0.15, -0.1) is 0 Å². The van der Waals surface area contributed by atoms with Crippen molar-refractivity contribution >= 4 is 26.4 Å². The number of rotatable bonds is 8. The number of fused-ring (bicyclic) bond motifs is 1. The van der Waals surface area contributed by atoms with Crippen molar-refractivity contribution in [3.05, 3.63) is 48.3 Å². The average Bonchev–Trinajstić information content (AvgIpc) is 3.33. The van der Waals surface area contributed by atoms with Crippen molar-refractivity contribution in [1.82, 2.24) is 14.6 Å². The van der Waals surface area contributed by atoms with Gasteiger partial charge in [0, 0.05) is 11.7 Å². The number of nitrogens with zero attached hydrogens (tertiary/aromatic N) is 3. The maximum Gasteiger partial charge on any atom is 0.496 e. The third kappa shape index (κ3) is 5.47. The van der Waals surface area contributed by atoms with Crippen LogP contribution in [-0.4, -0.2) is 55.0 Å². The third-order valence-electron chi connectivity index (χ3n) is 8.06. The second-order valence-corrected chi connectivity index (χ2v) is 17.1. The molecule has 0 amide bonds. The van der Waals surface area contributed by atoms with Gasteiger partial charge in [-0.3, -0.25) is 4.98 Å². The molecule has 0 aromatic carbocycles. The topological polar surface area (TPSA) is 76.3 Å². The fourth-order valence-corrected chi connectivity index (χ4v) is 4.84. The lowest BCUT2D eigenvalue weighted by atomic mass is 9.80. The maximum absolute atomic E-state index is 13.7. The summed E-state index contributed by atoms with van der Waals surface area (Å²) in [5.41, 5.74) is 0.933. The lowest BCUT2D eigenvalue weighted by Gasteiger charge is -2.37. The van der Waals surface area contributed by atoms with Crippen molar-refractivity contribution < 1.29 is 27.6 Å². The van der Waals surface area contributed by atoms with Gasteiger partial charge in [0.05, 0.1) is 43.0 Å². The van der Waals surface area contributed by atoms with Gasteiger partial charge in [0.2, 0.25) is 0 Å². The van der Waals surface area contributed by atoms with Crippen LogP contribution in [0.15, 0.2) is 36.8 Å². The summed E-state index contributed by atoms with van der Waals surface area (Å²) in [6.07, 6.45) is 4.06. The molecule has 0 radical (unpaired) electrons. The quantitative estimate of drug-likeness (QED) is 0.356. The van der Waals surface area contributed by atoms with Crippen LogP contribution in [0.2, 0.25) is 18.1 Å². The van der Waals surface area contributed by atoms with Crippen LogP contribution in [0.3, 0.4) is 0 Å². The molecule has 0 bridgehead atoms. The Hall–Kier alpha value is -2.47. The lowest BCUT2D eigenvalue weighted by Crippen LogP contribution is -2.42. The second-order valence-electron chi connectivity index (χ2n) is 12.3. The number of aromatic nitrogens is 3. The van der Waals surface area contributed by atoms with Gasteiger partial charge >= 0.3 is 7.12 Å². The van der Waals surface area contributed by atoms with E-state index in [1.54, 1.807) is 23.9 Å². The first kappa shape index (κ1) is 28.5. The summed E-state index contributed by atoms with van der Waals surface area (Å²) in [7, 11) is -1.15. The first-order valence-electron chi connectivity index (χ1n) is 12.9. The van der Waals surface area contributed by atoms with Crippen LogP contribution < -0.4 is 14.9 Å². The van der Waals surface area contributed by atoms with E-state index in [2.05, 4.69) is 43.9 Å². The number of ether oxygens (including phenoxy) is 2. The largest absolute Gasteiger partial charge is 0.496 e. The molecule has 1 unspecified atom stereocenters. The Kier molecular flexibility index (Phi) is 7.46. The van der Waals surface area contributed by atoms with Crippen molar-refractivity contribution in [3.8, 4) is 11.5 Å². The average molecular weight is 544 g/mol. The molecule has 3 aromatic rings. The molecule has 3 aromatic heterocycles. The van der Waals surface area contributed by atoms with Crippen LogP contribution in [0.1, 0.15) is 60.3 Å². The molecule has 0 spiro atoms. The highest BCUT2D eigenvalue weighted by atomic mass is 28.4. The lowest BCUT2D eigenvalue weighted by molar-refractivity contribution is 0.00578. The molecule has 0 N–H and O–H groups in total. The minimum absolute atomic E-state index is 0.00633. The van der Waals surface area contributed by atoms with Crippen molar-refractivity contribution in [1.29, 1.82) is 0 Å². The van der Waals surface area contributed by atoms with Gasteiger partial charge in [0.25, 0.3) is 0 Å². The molecule has 1 atom stereocenters. The van der Waals surface area contributed by atoms with Crippen molar-refractivity contribution in [2.75, 3.05) is 13.7 Å². The molecule has 206 valence electrons. The van der Waals surface area contributed by atoms with E-state index in [0.717, 1.165) is 5.46 Å². The molecular formula is C27H39BFN3O5Si. The third-order valence-corrected chi connectivity index (χ3v) is 12.6. The molecule has 38 heavy (non-hydrogen) atoms. The molecule has 1 aliphatic heterocycles. The summed E-state index contributed by atoms with van der Waals surface area (Å²) in [6, 6.07) is 4.88. The van der Waals surface area contributed by atoms with Crippen molar-refractivity contribution in [2.24, 2.45) is 0 Å². The van der Waals surface area contributed by atoms with Gasteiger partial charge in [-0.1, -0.05) is 20.8 Å². The van der Waals surface area contributed by atoms with Crippen LogP contribution in [0.5, 0.6) is 11.5 Å². The van der Waals surface area contributed by atoms with Gasteiger partial charge in [-0.05, 0) is 64.0 Å². The molecule has 4 heterocycles. The number of methoxy groups -OCH3 is 1. The maximum atomic E-state index is 13.7. The number of halogens is 1. The normalized spacial score (nSPS) is 18.1. The van der Waals surface area contributed by atoms with E-state index in [9.17, 15) is 4.39 Å². The van der Waals surface area contributed by atoms with Crippen LogP contribution in [0.25, 0.3) is 5.52 Å². The number of hydrogen-bond acceptors (Lipinski definition) is 7. The molecule has 8 nitrogen and oxygen atoms in total. The van der Waals surface area contributed by atoms with Gasteiger partial charge in [0.1, 0.15) is 11.6 Å². The van der Waals surface area contributed by atoms with E-state index in [-0.39, 0.29) is 11.6 Å². The predicted molar refractivity (Wildman–Crippen MR) is 148 cm³/mol. The summed E-state index contributed by atoms with van der Waals surface area (Å²) in [5.74, 6) is 0.638. The Morgan fingerprint density at radius 1 is 1.08 bits per heavy atom. The molecule has 0 aliphatic carbocycles. The summed E-state index contributed by atoms with van der Waals surface area (Å²) in [4.78, 5) is 4.32. The Morgan fingerprint density at radius 3 is 2.29 bits per heavy atom. The van der Waals surface area contributed by atoms with Crippen molar-refractivity contribution in [2.45, 2.75) is 83.9 Å². The van der Waals surface area contributed by atoms with E-state index < -0.39 is 38.6 Å². The van der Waals surface area contributed by atoms with Crippen LogP contribution in [0.4, 0.5) is 4.39 Å². The van der Waals surface area contributed by atoms with E-state index >= 15 is 0 Å². The zero-order valence-electron chi connectivity index (χ0n) is 24.1. The summed E-state index contributed by atoms with van der Waals surface area (Å²) in [6.45, 7) is 19.2. The van der Waals surface area contributed by atoms with Crippen LogP contribution in [0, 0.1) is 5.82 Å². The highest BCUT2D eigenvalue weighted by Crippen LogP contribution is 2.39. The van der Waals surface area contributed by atoms with Gasteiger partial charge in [-0.2, -0.15) is 5.10 Å². The molecule has 1 fully saturated rings. The van der Waals surface area contributed by atoms with Gasteiger partial charge in [0.15, 0.2) is 25.7 Å². The number of hydrogen-bond donors (Lipinski definition) is 0. The zero-order valence-corrected chi connectivity index (χ0v) is 25.1. The Balaban J connectivity index is 1.76. The first-order chi connectivity index (χ1) is 17.5. The Morgan fingerprint density at radius 2 is 1.74 bits per heavy atom. The molecular weight excluding hydrogens is 504 g/mol. The zero-order chi connectivity index (χ0) is 28.1. The monoisotopic (exact) mass is 543 g/mol. The first-order valence-corrected chi connectivity index (χ1v) is 15.8. The van der Waals surface area contributed by atoms with Crippen LogP contribution in [-0.2, 0) is 13.7 Å². The fraction of sp³-hybridized carbons (Fsp3) is 0.556. The Bertz CT molecular complexity index is 1270. The smallest absolute Gasteiger partial charge is 0.493 e. The van der Waals surface area contributed by atoms with E-state index in [4.69, 9.17) is 23.2 Å². The molecule has 11 heteroatoms. The summed E-state index contributed by atoms with van der Waals surface area (Å²) in [5, 5.41) is 4.48. The molecule has 0 saturated carbocycles. The number of pyridine rings is 2. The minimum Gasteiger partial charge on any atom is -0.493 e. The van der Waals surface area contributed by atoms with E-state index in [1.807, 2.05) is 40.0 Å². The molecule has 1 aliphatic rings. The van der Waals surface area contributed by atoms with E-state index in [0.29, 0.717) is 22.7 Å². The highest BCUT2D eigenvalue weighted by molar-refractivity contribution is 6.74. The Labute approximate surface area is 226 Å². The standard InChI is InChI=1S/C27H39BFN3O5Si/c1-25(2,3)38(9,10)34-17-23(20-12-11-19(29)14-30-20)35-21-13-18(16-32-24(21)22(33-8)15-31-32)28-36-26(4,5)27(6,7)37-28/h11-16,23H,17H2,1-10H3. The summed E-state index contributed by atoms with van der Waals surface area (Å²) < 4.78 is 46.8.